The number of carbonyl (C=O) groups excluding carboxylic acids is 1. The molecule has 0 aliphatic carbocycles. The van der Waals surface area contributed by atoms with Crippen molar-refractivity contribution in [2.24, 2.45) is 4.99 Å². The molecule has 3 aromatic heterocycles. The molecule has 0 amide bonds. The first-order valence-corrected chi connectivity index (χ1v) is 14.7. The molecule has 0 radical (unpaired) electrons. The fourth-order valence-electron chi connectivity index (χ4n) is 4.79. The Morgan fingerprint density at radius 2 is 1.70 bits per heavy atom. The van der Waals surface area contributed by atoms with Gasteiger partial charge < -0.3 is 13.6 Å². The number of non-ortho nitro benzene ring substituents is 1. The Morgan fingerprint density at radius 3 is 2.37 bits per heavy atom. The van der Waals surface area contributed by atoms with Crippen LogP contribution in [0.3, 0.4) is 0 Å². The lowest BCUT2D eigenvalue weighted by Crippen LogP contribution is -2.39. The molecule has 6 rings (SSSR count). The SMILES string of the molecule is CCOC(=O)C1=C(C)N=c2s/c(=C\c3ccc(-c4ccc([N+](=O)[O-])cc4)o3)c(=O)n2[C@@H]1c1ccc(-c2ccc(Br)cc2)o1. The second kappa shape index (κ2) is 11.5. The van der Waals surface area contributed by atoms with E-state index >= 15 is 0 Å². The Kier molecular flexibility index (Phi) is 7.55. The summed E-state index contributed by atoms with van der Waals surface area (Å²) in [4.78, 5) is 42.5. The van der Waals surface area contributed by atoms with Crippen molar-refractivity contribution >= 4 is 45.0 Å². The number of nitro groups is 1. The van der Waals surface area contributed by atoms with E-state index in [0.717, 1.165) is 21.4 Å². The van der Waals surface area contributed by atoms with E-state index in [1.54, 1.807) is 56.3 Å². The van der Waals surface area contributed by atoms with Crippen LogP contribution in [0.15, 0.2) is 107 Å². The van der Waals surface area contributed by atoms with Crippen LogP contribution in [-0.4, -0.2) is 22.1 Å². The molecule has 10 nitrogen and oxygen atoms in total. The summed E-state index contributed by atoms with van der Waals surface area (Å²) in [6.45, 7) is 3.58. The topological polar surface area (TPSA) is 130 Å². The number of hydrogen-bond donors (Lipinski definition) is 0. The molecule has 0 spiro atoms. The van der Waals surface area contributed by atoms with E-state index in [1.807, 2.05) is 24.3 Å². The van der Waals surface area contributed by atoms with Gasteiger partial charge >= 0.3 is 5.97 Å². The Balaban J connectivity index is 1.43. The highest BCUT2D eigenvalue weighted by atomic mass is 79.9. The number of rotatable bonds is 7. The van der Waals surface area contributed by atoms with E-state index in [1.165, 1.54) is 16.7 Å². The van der Waals surface area contributed by atoms with Crippen LogP contribution >= 0.6 is 27.3 Å². The first-order chi connectivity index (χ1) is 20.7. The quantitative estimate of drug-likeness (QED) is 0.119. The fraction of sp³-hybridized carbons (Fsp3) is 0.129. The van der Waals surface area contributed by atoms with Gasteiger partial charge in [-0.2, -0.15) is 0 Å². The highest BCUT2D eigenvalue weighted by molar-refractivity contribution is 9.10. The van der Waals surface area contributed by atoms with Gasteiger partial charge in [-0.25, -0.2) is 9.79 Å². The zero-order valence-corrected chi connectivity index (χ0v) is 25.2. The van der Waals surface area contributed by atoms with Crippen molar-refractivity contribution in [3.05, 3.63) is 130 Å². The van der Waals surface area contributed by atoms with Crippen LogP contribution in [0.5, 0.6) is 0 Å². The van der Waals surface area contributed by atoms with Gasteiger partial charge in [0.1, 0.15) is 29.1 Å². The van der Waals surface area contributed by atoms with Gasteiger partial charge in [-0.1, -0.05) is 39.4 Å². The van der Waals surface area contributed by atoms with Gasteiger partial charge in [-0.3, -0.25) is 19.5 Å². The van der Waals surface area contributed by atoms with Gasteiger partial charge in [0, 0.05) is 33.8 Å². The molecule has 4 heterocycles. The average Bonchev–Trinajstić information content (AvgIpc) is 3.73. The van der Waals surface area contributed by atoms with Crippen molar-refractivity contribution in [2.75, 3.05) is 6.61 Å². The number of aromatic nitrogens is 1. The number of carbonyl (C=O) groups is 1. The highest BCUT2D eigenvalue weighted by Gasteiger charge is 2.35. The van der Waals surface area contributed by atoms with Crippen LogP contribution in [0.25, 0.3) is 28.7 Å². The minimum atomic E-state index is -0.895. The fourth-order valence-corrected chi connectivity index (χ4v) is 6.08. The largest absolute Gasteiger partial charge is 0.463 e. The van der Waals surface area contributed by atoms with Crippen LogP contribution in [-0.2, 0) is 9.53 Å². The Labute approximate surface area is 256 Å². The minimum Gasteiger partial charge on any atom is -0.463 e. The van der Waals surface area contributed by atoms with E-state index < -0.39 is 16.9 Å². The molecule has 0 unspecified atom stereocenters. The number of nitrogens with zero attached hydrogens (tertiary/aromatic N) is 3. The second-order valence-corrected chi connectivity index (χ2v) is 11.4. The number of benzene rings is 2. The number of nitro benzene ring substituents is 1. The maximum atomic E-state index is 13.9. The lowest BCUT2D eigenvalue weighted by Gasteiger charge is -2.22. The molecule has 0 fully saturated rings. The van der Waals surface area contributed by atoms with E-state index in [2.05, 4.69) is 20.9 Å². The summed E-state index contributed by atoms with van der Waals surface area (Å²) in [6, 6.07) is 19.7. The van der Waals surface area contributed by atoms with E-state index in [9.17, 15) is 19.7 Å². The standard InChI is InChI=1S/C31H22BrN3O7S/c1-3-40-30(37)27-17(2)33-31-34(28(27)25-15-14-24(42-25)18-4-8-20(32)9-5-18)29(36)26(43-31)16-22-12-13-23(41-22)19-6-10-21(11-7-19)35(38)39/h4-16,28H,3H2,1-2H3/b26-16-/t28-/m1/s1. The molecule has 216 valence electrons. The maximum Gasteiger partial charge on any atom is 0.338 e. The van der Waals surface area contributed by atoms with Gasteiger partial charge in [-0.15, -0.1) is 0 Å². The molecule has 2 aromatic carbocycles. The number of thiazole rings is 1. The van der Waals surface area contributed by atoms with Crippen LogP contribution in [0.2, 0.25) is 0 Å². The molecule has 5 aromatic rings. The molecule has 0 saturated carbocycles. The molecule has 43 heavy (non-hydrogen) atoms. The van der Waals surface area contributed by atoms with Gasteiger partial charge in [-0.05, 0) is 62.4 Å². The Morgan fingerprint density at radius 1 is 1.05 bits per heavy atom. The number of halogens is 1. The van der Waals surface area contributed by atoms with Crippen LogP contribution in [0.4, 0.5) is 5.69 Å². The predicted molar refractivity (Wildman–Crippen MR) is 163 cm³/mol. The van der Waals surface area contributed by atoms with E-state index in [4.69, 9.17) is 13.6 Å². The van der Waals surface area contributed by atoms with Crippen molar-refractivity contribution in [1.82, 2.24) is 4.57 Å². The molecule has 0 saturated heterocycles. The number of ether oxygens (including phenoxy) is 1. The van der Waals surface area contributed by atoms with Crippen molar-refractivity contribution < 1.29 is 23.3 Å². The molecular weight excluding hydrogens is 638 g/mol. The van der Waals surface area contributed by atoms with Gasteiger partial charge in [0.15, 0.2) is 4.80 Å². The van der Waals surface area contributed by atoms with E-state index in [0.29, 0.717) is 43.6 Å². The van der Waals surface area contributed by atoms with Crippen LogP contribution < -0.4 is 14.9 Å². The Bertz CT molecular complexity index is 2080. The second-order valence-electron chi connectivity index (χ2n) is 9.52. The summed E-state index contributed by atoms with van der Waals surface area (Å²) < 4.78 is 20.3. The number of hydrogen-bond acceptors (Lipinski definition) is 9. The molecule has 1 aliphatic rings. The van der Waals surface area contributed by atoms with Crippen LogP contribution in [0.1, 0.15) is 31.4 Å². The smallest absolute Gasteiger partial charge is 0.338 e. The van der Waals surface area contributed by atoms with Crippen molar-refractivity contribution in [1.29, 1.82) is 0 Å². The average molecular weight is 661 g/mol. The van der Waals surface area contributed by atoms with E-state index in [-0.39, 0.29) is 23.4 Å². The predicted octanol–water partition coefficient (Wildman–Crippen LogP) is 5.99. The third-order valence-corrected chi connectivity index (χ3v) is 8.32. The van der Waals surface area contributed by atoms with Gasteiger partial charge in [0.25, 0.3) is 11.2 Å². The number of furan rings is 2. The summed E-state index contributed by atoms with van der Waals surface area (Å²) in [6.07, 6.45) is 1.61. The third-order valence-electron chi connectivity index (χ3n) is 6.80. The first-order valence-electron chi connectivity index (χ1n) is 13.1. The maximum absolute atomic E-state index is 13.9. The zero-order chi connectivity index (χ0) is 30.2. The number of allylic oxidation sites excluding steroid dienone is 1. The van der Waals surface area contributed by atoms with Crippen LogP contribution in [0, 0.1) is 10.1 Å². The molecule has 1 atom stereocenters. The number of esters is 1. The highest BCUT2D eigenvalue weighted by Crippen LogP contribution is 2.34. The molecular formula is C31H22BrN3O7S. The van der Waals surface area contributed by atoms with Gasteiger partial charge in [0.2, 0.25) is 0 Å². The summed E-state index contributed by atoms with van der Waals surface area (Å²) >= 11 is 4.60. The van der Waals surface area contributed by atoms with Crippen molar-refractivity contribution in [2.45, 2.75) is 19.9 Å². The molecule has 12 heteroatoms. The van der Waals surface area contributed by atoms with Crippen molar-refractivity contribution in [3.63, 3.8) is 0 Å². The lowest BCUT2D eigenvalue weighted by atomic mass is 10.0. The first kappa shape index (κ1) is 28.3. The number of fused-ring (bicyclic) bond motifs is 1. The third kappa shape index (κ3) is 5.42. The summed E-state index contributed by atoms with van der Waals surface area (Å²) in [5.41, 5.74) is 1.73. The molecule has 0 bridgehead atoms. The van der Waals surface area contributed by atoms with Gasteiger partial charge in [0.05, 0.1) is 27.3 Å². The lowest BCUT2D eigenvalue weighted by molar-refractivity contribution is -0.384. The normalized spacial score (nSPS) is 14.9. The molecule has 1 aliphatic heterocycles. The monoisotopic (exact) mass is 659 g/mol. The summed E-state index contributed by atoms with van der Waals surface area (Å²) in [7, 11) is 0. The summed E-state index contributed by atoms with van der Waals surface area (Å²) in [5, 5.41) is 11.0. The van der Waals surface area contributed by atoms with Crippen molar-refractivity contribution in [3.8, 4) is 22.6 Å². The summed E-state index contributed by atoms with van der Waals surface area (Å²) in [5.74, 6) is 1.29. The minimum absolute atomic E-state index is 0.0239. The Hall–Kier alpha value is -4.81. The molecule has 0 N–H and O–H groups in total. The zero-order valence-electron chi connectivity index (χ0n) is 22.8.